The van der Waals surface area contributed by atoms with Crippen LogP contribution in [0.4, 0.5) is 10.5 Å². The molecular formula is C24H29N3O2S. The van der Waals surface area contributed by atoms with Crippen molar-refractivity contribution in [1.82, 2.24) is 9.88 Å². The Kier molecular flexibility index (Phi) is 6.77. The number of aryl methyl sites for hydroxylation is 1. The summed E-state index contributed by atoms with van der Waals surface area (Å²) in [5.74, 6) is 0. The summed E-state index contributed by atoms with van der Waals surface area (Å²) in [4.78, 5) is 19.4. The molecule has 1 amide bonds. The zero-order chi connectivity index (χ0) is 21.7. The molecule has 3 rings (SSSR count). The molecule has 0 aliphatic heterocycles. The molecule has 30 heavy (non-hydrogen) atoms. The van der Waals surface area contributed by atoms with Gasteiger partial charge >= 0.3 is 6.09 Å². The number of benzene rings is 2. The average molecular weight is 424 g/mol. The molecule has 3 aromatic rings. The van der Waals surface area contributed by atoms with Crippen molar-refractivity contribution in [3.8, 4) is 11.3 Å². The number of alkyl carbamates (subject to hydrolysis) is 1. The fourth-order valence-corrected chi connectivity index (χ4v) is 4.26. The van der Waals surface area contributed by atoms with Crippen molar-refractivity contribution in [2.75, 3.05) is 0 Å². The van der Waals surface area contributed by atoms with Gasteiger partial charge in [0, 0.05) is 4.88 Å². The SMILES string of the molecule is CCC(NC(=O)OC(C)(C)C)n1c(-c2ccccc2)c(C)sc1=Nc1ccccc1. The minimum Gasteiger partial charge on any atom is -0.444 e. The smallest absolute Gasteiger partial charge is 0.409 e. The minimum atomic E-state index is -0.558. The van der Waals surface area contributed by atoms with Gasteiger partial charge in [0.2, 0.25) is 0 Å². The summed E-state index contributed by atoms with van der Waals surface area (Å²) >= 11 is 1.62. The molecular weight excluding hydrogens is 394 g/mol. The van der Waals surface area contributed by atoms with E-state index in [9.17, 15) is 4.79 Å². The molecule has 1 aromatic heterocycles. The Morgan fingerprint density at radius 2 is 1.70 bits per heavy atom. The van der Waals surface area contributed by atoms with Gasteiger partial charge in [0.05, 0.1) is 11.4 Å². The summed E-state index contributed by atoms with van der Waals surface area (Å²) in [6, 6.07) is 20.1. The highest BCUT2D eigenvalue weighted by Gasteiger charge is 2.23. The van der Waals surface area contributed by atoms with Crippen LogP contribution in [0.3, 0.4) is 0 Å². The number of carbonyl (C=O) groups excluding carboxylic acids is 1. The van der Waals surface area contributed by atoms with E-state index in [1.165, 1.54) is 0 Å². The molecule has 0 saturated carbocycles. The zero-order valence-corrected chi connectivity index (χ0v) is 19.0. The first-order valence-electron chi connectivity index (χ1n) is 10.1. The van der Waals surface area contributed by atoms with Gasteiger partial charge in [-0.15, -0.1) is 11.3 Å². The Morgan fingerprint density at radius 3 is 2.27 bits per heavy atom. The first-order valence-corrected chi connectivity index (χ1v) is 11.0. The molecule has 158 valence electrons. The van der Waals surface area contributed by atoms with Gasteiger partial charge in [-0.1, -0.05) is 55.5 Å². The summed E-state index contributed by atoms with van der Waals surface area (Å²) < 4.78 is 7.63. The molecule has 6 heteroatoms. The number of rotatable bonds is 5. The summed E-state index contributed by atoms with van der Waals surface area (Å²) in [6.45, 7) is 9.72. The predicted molar refractivity (Wildman–Crippen MR) is 123 cm³/mol. The molecule has 0 aliphatic carbocycles. The molecule has 1 atom stereocenters. The molecule has 1 N–H and O–H groups in total. The Labute approximate surface area is 182 Å². The highest BCUT2D eigenvalue weighted by molar-refractivity contribution is 7.09. The number of para-hydroxylation sites is 1. The third-order valence-corrected chi connectivity index (χ3v) is 5.40. The number of nitrogens with zero attached hydrogens (tertiary/aromatic N) is 2. The van der Waals surface area contributed by atoms with Crippen molar-refractivity contribution in [1.29, 1.82) is 0 Å². The van der Waals surface area contributed by atoms with Crippen LogP contribution in [0.1, 0.15) is 45.2 Å². The fourth-order valence-electron chi connectivity index (χ4n) is 3.21. The second-order valence-corrected chi connectivity index (χ2v) is 9.22. The number of aromatic nitrogens is 1. The van der Waals surface area contributed by atoms with Crippen LogP contribution >= 0.6 is 11.3 Å². The van der Waals surface area contributed by atoms with Crippen LogP contribution in [0.15, 0.2) is 65.7 Å². The first-order chi connectivity index (χ1) is 14.3. The van der Waals surface area contributed by atoms with Gasteiger partial charge in [-0.2, -0.15) is 0 Å². The highest BCUT2D eigenvalue weighted by atomic mass is 32.1. The second-order valence-electron chi connectivity index (χ2n) is 8.04. The molecule has 1 heterocycles. The summed E-state index contributed by atoms with van der Waals surface area (Å²) in [5.41, 5.74) is 2.46. The van der Waals surface area contributed by atoms with E-state index in [1.807, 2.05) is 76.2 Å². The maximum atomic E-state index is 12.6. The van der Waals surface area contributed by atoms with E-state index in [-0.39, 0.29) is 6.17 Å². The van der Waals surface area contributed by atoms with Crippen molar-refractivity contribution in [3.05, 3.63) is 70.3 Å². The maximum absolute atomic E-state index is 12.6. The standard InChI is InChI=1S/C24H29N3O2S/c1-6-20(26-23(28)29-24(3,4)5)27-21(18-13-9-7-10-14-18)17(2)30-22(27)25-19-15-11-8-12-16-19/h7-16,20H,6H2,1-5H3,(H,26,28). The van der Waals surface area contributed by atoms with Gasteiger partial charge in [-0.25, -0.2) is 9.79 Å². The number of carbonyl (C=O) groups is 1. The summed E-state index contributed by atoms with van der Waals surface area (Å²) in [7, 11) is 0. The number of thiazole rings is 1. The summed E-state index contributed by atoms with van der Waals surface area (Å²) in [5, 5.41) is 3.04. The van der Waals surface area contributed by atoms with Gasteiger partial charge in [0.25, 0.3) is 0 Å². The minimum absolute atomic E-state index is 0.289. The molecule has 5 nitrogen and oxygen atoms in total. The molecule has 0 radical (unpaired) electrons. The Bertz CT molecular complexity index is 1050. The molecule has 2 aromatic carbocycles. The lowest BCUT2D eigenvalue weighted by molar-refractivity contribution is 0.0479. The monoisotopic (exact) mass is 423 g/mol. The summed E-state index contributed by atoms with van der Waals surface area (Å²) in [6.07, 6.45) is -0.0325. The molecule has 0 bridgehead atoms. The van der Waals surface area contributed by atoms with Gasteiger partial charge in [0.1, 0.15) is 11.8 Å². The normalized spacial score (nSPS) is 13.2. The fraction of sp³-hybridized carbons (Fsp3) is 0.333. The van der Waals surface area contributed by atoms with E-state index in [4.69, 9.17) is 9.73 Å². The van der Waals surface area contributed by atoms with Crippen LogP contribution in [0.5, 0.6) is 0 Å². The molecule has 0 spiro atoms. The highest BCUT2D eigenvalue weighted by Crippen LogP contribution is 2.29. The van der Waals surface area contributed by atoms with Crippen LogP contribution in [-0.4, -0.2) is 16.3 Å². The molecule has 1 unspecified atom stereocenters. The number of nitrogens with one attached hydrogen (secondary N) is 1. The number of hydrogen-bond acceptors (Lipinski definition) is 4. The Hall–Kier alpha value is -2.86. The van der Waals surface area contributed by atoms with Crippen molar-refractivity contribution < 1.29 is 9.53 Å². The van der Waals surface area contributed by atoms with E-state index < -0.39 is 11.7 Å². The van der Waals surface area contributed by atoms with E-state index in [2.05, 4.69) is 28.9 Å². The van der Waals surface area contributed by atoms with Crippen LogP contribution in [0.25, 0.3) is 11.3 Å². The third kappa shape index (κ3) is 5.39. The van der Waals surface area contributed by atoms with Crippen LogP contribution in [0.2, 0.25) is 0 Å². The predicted octanol–water partition coefficient (Wildman–Crippen LogP) is 6.19. The van der Waals surface area contributed by atoms with Gasteiger partial charge in [-0.3, -0.25) is 4.57 Å². The van der Waals surface area contributed by atoms with E-state index in [1.54, 1.807) is 11.3 Å². The van der Waals surface area contributed by atoms with Crippen molar-refractivity contribution in [3.63, 3.8) is 0 Å². The lowest BCUT2D eigenvalue weighted by atomic mass is 10.1. The quantitative estimate of drug-likeness (QED) is 0.532. The molecule has 0 saturated heterocycles. The van der Waals surface area contributed by atoms with Gasteiger partial charge < -0.3 is 10.1 Å². The second kappa shape index (κ2) is 9.30. The van der Waals surface area contributed by atoms with Crippen LogP contribution < -0.4 is 10.1 Å². The third-order valence-electron chi connectivity index (χ3n) is 4.43. The van der Waals surface area contributed by atoms with E-state index >= 15 is 0 Å². The number of hydrogen-bond donors (Lipinski definition) is 1. The zero-order valence-electron chi connectivity index (χ0n) is 18.2. The van der Waals surface area contributed by atoms with Crippen molar-refractivity contribution in [2.45, 2.75) is 52.8 Å². The number of amides is 1. The van der Waals surface area contributed by atoms with Gasteiger partial charge in [0.15, 0.2) is 4.80 Å². The van der Waals surface area contributed by atoms with Gasteiger partial charge in [-0.05, 0) is 51.8 Å². The van der Waals surface area contributed by atoms with Crippen LogP contribution in [-0.2, 0) is 4.74 Å². The lowest BCUT2D eigenvalue weighted by Crippen LogP contribution is -2.39. The Balaban J connectivity index is 2.14. The van der Waals surface area contributed by atoms with E-state index in [0.717, 1.165) is 26.6 Å². The Morgan fingerprint density at radius 1 is 1.10 bits per heavy atom. The van der Waals surface area contributed by atoms with Crippen LogP contribution in [0, 0.1) is 6.92 Å². The van der Waals surface area contributed by atoms with Crippen molar-refractivity contribution >= 4 is 23.1 Å². The largest absolute Gasteiger partial charge is 0.444 e. The molecule has 0 aliphatic rings. The topological polar surface area (TPSA) is 55.6 Å². The van der Waals surface area contributed by atoms with Crippen molar-refractivity contribution in [2.24, 2.45) is 4.99 Å². The first kappa shape index (κ1) is 21.8. The van der Waals surface area contributed by atoms with E-state index in [0.29, 0.717) is 6.42 Å². The molecule has 0 fully saturated rings. The number of ether oxygens (including phenoxy) is 1. The average Bonchev–Trinajstić information content (AvgIpc) is 3.01. The maximum Gasteiger partial charge on any atom is 0.409 e. The lowest BCUT2D eigenvalue weighted by Gasteiger charge is -2.25.